The van der Waals surface area contributed by atoms with Gasteiger partial charge < -0.3 is 10.5 Å². The Morgan fingerprint density at radius 2 is 2.23 bits per heavy atom. The molecule has 2 N–H and O–H groups in total. The predicted molar refractivity (Wildman–Crippen MR) is 52.6 cm³/mol. The van der Waals surface area contributed by atoms with Gasteiger partial charge in [0.05, 0.1) is 5.60 Å². The minimum absolute atomic E-state index is 0.216. The third-order valence-corrected chi connectivity index (χ3v) is 3.28. The molecule has 0 unspecified atom stereocenters. The van der Waals surface area contributed by atoms with Gasteiger partial charge in [-0.15, -0.1) is 0 Å². The van der Waals surface area contributed by atoms with E-state index in [1.807, 2.05) is 0 Å². The summed E-state index contributed by atoms with van der Waals surface area (Å²) < 4.78 is 5.92. The molecule has 0 bridgehead atoms. The van der Waals surface area contributed by atoms with Crippen molar-refractivity contribution < 1.29 is 4.74 Å². The van der Waals surface area contributed by atoms with Crippen LogP contribution in [0.15, 0.2) is 0 Å². The van der Waals surface area contributed by atoms with Crippen molar-refractivity contribution in [2.45, 2.75) is 31.3 Å². The third kappa shape index (κ3) is 2.03. The summed E-state index contributed by atoms with van der Waals surface area (Å²) in [7, 11) is 0. The Bertz CT molecular complexity index is 166. The summed E-state index contributed by atoms with van der Waals surface area (Å²) in [5.41, 5.74) is 5.76. The number of nitrogens with zero attached hydrogens (tertiary/aromatic N) is 1. The van der Waals surface area contributed by atoms with Crippen LogP contribution in [0.2, 0.25) is 0 Å². The standard InChI is InChI=1S/C10H20N2O/c11-5-7-12-6-4-10(9-12)3-1-2-8-13-10/h1-9,11H2/t10-/m0/s1. The first-order valence-corrected chi connectivity index (χ1v) is 5.41. The van der Waals surface area contributed by atoms with E-state index in [-0.39, 0.29) is 5.60 Å². The van der Waals surface area contributed by atoms with Crippen molar-refractivity contribution in [3.63, 3.8) is 0 Å². The lowest BCUT2D eigenvalue weighted by atomic mass is 9.93. The third-order valence-electron chi connectivity index (χ3n) is 3.28. The monoisotopic (exact) mass is 184 g/mol. The highest BCUT2D eigenvalue weighted by atomic mass is 16.5. The molecule has 3 heteroatoms. The minimum atomic E-state index is 0.216. The van der Waals surface area contributed by atoms with Crippen molar-refractivity contribution in [1.82, 2.24) is 4.90 Å². The maximum atomic E-state index is 5.92. The molecule has 3 nitrogen and oxygen atoms in total. The van der Waals surface area contributed by atoms with E-state index in [4.69, 9.17) is 10.5 Å². The molecule has 0 aromatic heterocycles. The molecule has 0 aromatic rings. The zero-order valence-corrected chi connectivity index (χ0v) is 8.30. The number of nitrogens with two attached hydrogens (primary N) is 1. The number of likely N-dealkylation sites (tertiary alicyclic amines) is 1. The number of hydrogen-bond acceptors (Lipinski definition) is 3. The molecule has 13 heavy (non-hydrogen) atoms. The fraction of sp³-hybridized carbons (Fsp3) is 1.00. The van der Waals surface area contributed by atoms with E-state index in [9.17, 15) is 0 Å². The van der Waals surface area contributed by atoms with Gasteiger partial charge in [-0.1, -0.05) is 0 Å². The maximum Gasteiger partial charge on any atom is 0.0820 e. The zero-order valence-electron chi connectivity index (χ0n) is 8.30. The Hall–Kier alpha value is -0.120. The maximum absolute atomic E-state index is 5.92. The average Bonchev–Trinajstić information content (AvgIpc) is 2.51. The van der Waals surface area contributed by atoms with E-state index in [1.165, 1.54) is 32.2 Å². The molecule has 0 aromatic carbocycles. The van der Waals surface area contributed by atoms with Crippen LogP contribution in [-0.4, -0.2) is 43.3 Å². The van der Waals surface area contributed by atoms with E-state index in [2.05, 4.69) is 4.90 Å². The van der Waals surface area contributed by atoms with Crippen LogP contribution in [0.25, 0.3) is 0 Å². The highest BCUT2D eigenvalue weighted by Crippen LogP contribution is 2.33. The quantitative estimate of drug-likeness (QED) is 0.682. The molecule has 1 atom stereocenters. The Labute approximate surface area is 80.2 Å². The van der Waals surface area contributed by atoms with Gasteiger partial charge >= 0.3 is 0 Å². The van der Waals surface area contributed by atoms with Gasteiger partial charge in [0.1, 0.15) is 0 Å². The van der Waals surface area contributed by atoms with Crippen LogP contribution in [0.4, 0.5) is 0 Å². The molecule has 0 saturated carbocycles. The van der Waals surface area contributed by atoms with Gasteiger partial charge in [0, 0.05) is 32.8 Å². The lowest BCUT2D eigenvalue weighted by molar-refractivity contribution is -0.0693. The number of rotatable bonds is 2. The lowest BCUT2D eigenvalue weighted by Gasteiger charge is -2.33. The molecule has 2 heterocycles. The van der Waals surface area contributed by atoms with E-state index >= 15 is 0 Å². The molecule has 2 rings (SSSR count). The predicted octanol–water partition coefficient (Wildman–Crippen LogP) is 0.590. The van der Waals surface area contributed by atoms with Crippen molar-refractivity contribution >= 4 is 0 Å². The molecule has 1 spiro atoms. The highest BCUT2D eigenvalue weighted by Gasteiger charge is 2.39. The van der Waals surface area contributed by atoms with E-state index < -0.39 is 0 Å². The van der Waals surface area contributed by atoms with Crippen molar-refractivity contribution in [2.75, 3.05) is 32.8 Å². The van der Waals surface area contributed by atoms with Crippen LogP contribution in [-0.2, 0) is 4.74 Å². The summed E-state index contributed by atoms with van der Waals surface area (Å²) >= 11 is 0. The van der Waals surface area contributed by atoms with Crippen LogP contribution in [0, 0.1) is 0 Å². The summed E-state index contributed by atoms with van der Waals surface area (Å²) in [5.74, 6) is 0. The van der Waals surface area contributed by atoms with Crippen molar-refractivity contribution in [3.8, 4) is 0 Å². The molecule has 2 saturated heterocycles. The van der Waals surface area contributed by atoms with Gasteiger partial charge in [0.25, 0.3) is 0 Å². The number of ether oxygens (including phenoxy) is 1. The van der Waals surface area contributed by atoms with Gasteiger partial charge in [-0.2, -0.15) is 0 Å². The van der Waals surface area contributed by atoms with Gasteiger partial charge in [0.2, 0.25) is 0 Å². The molecule has 0 radical (unpaired) electrons. The Kier molecular flexibility index (Phi) is 2.86. The van der Waals surface area contributed by atoms with Crippen LogP contribution >= 0.6 is 0 Å². The molecule has 0 aliphatic carbocycles. The topological polar surface area (TPSA) is 38.5 Å². The highest BCUT2D eigenvalue weighted by molar-refractivity contribution is 4.93. The molecule has 0 amide bonds. The lowest BCUT2D eigenvalue weighted by Crippen LogP contribution is -2.40. The van der Waals surface area contributed by atoms with Crippen LogP contribution in [0.3, 0.4) is 0 Å². The molecule has 2 aliphatic heterocycles. The SMILES string of the molecule is NCCN1CC[C@@]2(CCCCO2)C1. The van der Waals surface area contributed by atoms with Crippen LogP contribution < -0.4 is 5.73 Å². The molecular formula is C10H20N2O. The van der Waals surface area contributed by atoms with E-state index in [1.54, 1.807) is 0 Å². The second-order valence-corrected chi connectivity index (χ2v) is 4.30. The first-order chi connectivity index (χ1) is 6.35. The fourth-order valence-corrected chi connectivity index (χ4v) is 2.53. The normalized spacial score (nSPS) is 35.8. The van der Waals surface area contributed by atoms with Gasteiger partial charge in [0.15, 0.2) is 0 Å². The smallest absolute Gasteiger partial charge is 0.0820 e. The van der Waals surface area contributed by atoms with Gasteiger partial charge in [-0.05, 0) is 25.7 Å². The van der Waals surface area contributed by atoms with E-state index in [0.717, 1.165) is 26.2 Å². The second-order valence-electron chi connectivity index (χ2n) is 4.30. The largest absolute Gasteiger partial charge is 0.374 e. The van der Waals surface area contributed by atoms with Crippen LogP contribution in [0.1, 0.15) is 25.7 Å². The summed E-state index contributed by atoms with van der Waals surface area (Å²) in [6.45, 7) is 5.07. The summed E-state index contributed by atoms with van der Waals surface area (Å²) in [6.07, 6.45) is 5.07. The van der Waals surface area contributed by atoms with Crippen LogP contribution in [0.5, 0.6) is 0 Å². The first-order valence-electron chi connectivity index (χ1n) is 5.41. The molecular weight excluding hydrogens is 164 g/mol. The van der Waals surface area contributed by atoms with Gasteiger partial charge in [-0.3, -0.25) is 4.90 Å². The van der Waals surface area contributed by atoms with E-state index in [0.29, 0.717) is 0 Å². The Morgan fingerprint density at radius 3 is 2.92 bits per heavy atom. The summed E-state index contributed by atoms with van der Waals surface area (Å²) in [5, 5.41) is 0. The number of hydrogen-bond donors (Lipinski definition) is 1. The van der Waals surface area contributed by atoms with Gasteiger partial charge in [-0.25, -0.2) is 0 Å². The molecule has 2 fully saturated rings. The second kappa shape index (κ2) is 3.95. The average molecular weight is 184 g/mol. The minimum Gasteiger partial charge on any atom is -0.374 e. The molecule has 76 valence electrons. The molecule has 2 aliphatic rings. The summed E-state index contributed by atoms with van der Waals surface area (Å²) in [6, 6.07) is 0. The Morgan fingerprint density at radius 1 is 1.31 bits per heavy atom. The fourth-order valence-electron chi connectivity index (χ4n) is 2.53. The zero-order chi connectivity index (χ0) is 9.15. The first kappa shape index (κ1) is 9.44. The summed E-state index contributed by atoms with van der Waals surface area (Å²) in [4.78, 5) is 2.44. The van der Waals surface area contributed by atoms with Crippen molar-refractivity contribution in [3.05, 3.63) is 0 Å². The Balaban J connectivity index is 1.87. The van der Waals surface area contributed by atoms with Crippen molar-refractivity contribution in [2.24, 2.45) is 5.73 Å². The van der Waals surface area contributed by atoms with Crippen molar-refractivity contribution in [1.29, 1.82) is 0 Å².